The van der Waals surface area contributed by atoms with E-state index in [1.807, 2.05) is 13.8 Å². The first-order valence-electron chi connectivity index (χ1n) is 7.01. The van der Waals surface area contributed by atoms with Crippen LogP contribution in [0.15, 0.2) is 4.52 Å². The van der Waals surface area contributed by atoms with Crippen LogP contribution in [0.3, 0.4) is 0 Å². The molecule has 0 spiro atoms. The third-order valence-electron chi connectivity index (χ3n) is 2.97. The van der Waals surface area contributed by atoms with Gasteiger partial charge in [-0.15, -0.1) is 5.10 Å². The zero-order valence-electron chi connectivity index (χ0n) is 12.5. The van der Waals surface area contributed by atoms with Gasteiger partial charge in [-0.3, -0.25) is 0 Å². The molecule has 0 atom stereocenters. The monoisotopic (exact) mass is 293 g/mol. The van der Waals surface area contributed by atoms with Crippen LogP contribution < -0.4 is 0 Å². The lowest BCUT2D eigenvalue weighted by molar-refractivity contribution is 0.0592. The molecule has 0 bridgehead atoms. The Hall–Kier alpha value is -2.25. The van der Waals surface area contributed by atoms with Crippen molar-refractivity contribution in [3.8, 4) is 0 Å². The van der Waals surface area contributed by atoms with Gasteiger partial charge in [0.05, 0.1) is 12.8 Å². The highest BCUT2D eigenvalue weighted by Crippen LogP contribution is 2.11. The van der Waals surface area contributed by atoms with E-state index in [0.717, 1.165) is 25.0 Å². The van der Waals surface area contributed by atoms with Crippen molar-refractivity contribution in [2.45, 2.75) is 46.1 Å². The first kappa shape index (κ1) is 15.1. The van der Waals surface area contributed by atoms with Crippen molar-refractivity contribution >= 4 is 5.97 Å². The second-order valence-electron chi connectivity index (χ2n) is 4.64. The van der Waals surface area contributed by atoms with E-state index in [1.165, 1.54) is 7.11 Å². The molecule has 8 heteroatoms. The van der Waals surface area contributed by atoms with Gasteiger partial charge in [0.15, 0.2) is 11.5 Å². The van der Waals surface area contributed by atoms with Crippen molar-refractivity contribution in [2.24, 2.45) is 0 Å². The van der Waals surface area contributed by atoms with E-state index in [4.69, 9.17) is 9.26 Å². The van der Waals surface area contributed by atoms with Crippen LogP contribution in [0.25, 0.3) is 0 Å². The molecule has 0 aliphatic rings. The molecule has 0 saturated carbocycles. The topological polar surface area (TPSA) is 95.9 Å². The molecule has 0 aromatic carbocycles. The van der Waals surface area contributed by atoms with E-state index in [0.29, 0.717) is 24.7 Å². The van der Waals surface area contributed by atoms with Gasteiger partial charge in [0, 0.05) is 6.42 Å². The van der Waals surface area contributed by atoms with Gasteiger partial charge < -0.3 is 9.26 Å². The van der Waals surface area contributed by atoms with Crippen molar-refractivity contribution in [1.29, 1.82) is 0 Å². The summed E-state index contributed by atoms with van der Waals surface area (Å²) in [5.74, 6) is 0.652. The van der Waals surface area contributed by atoms with Gasteiger partial charge in [-0.25, -0.2) is 9.48 Å². The molecule has 0 amide bonds. The van der Waals surface area contributed by atoms with Gasteiger partial charge >= 0.3 is 5.97 Å². The smallest absolute Gasteiger partial charge is 0.360 e. The van der Waals surface area contributed by atoms with Crippen molar-refractivity contribution in [1.82, 2.24) is 25.1 Å². The first-order chi connectivity index (χ1) is 10.2. The molecule has 0 N–H and O–H groups in total. The average molecular weight is 293 g/mol. The van der Waals surface area contributed by atoms with Gasteiger partial charge in [0.2, 0.25) is 5.89 Å². The molecule has 21 heavy (non-hydrogen) atoms. The zero-order valence-corrected chi connectivity index (χ0v) is 12.5. The number of nitrogens with zero attached hydrogens (tertiary/aromatic N) is 5. The summed E-state index contributed by atoms with van der Waals surface area (Å²) < 4.78 is 11.5. The summed E-state index contributed by atoms with van der Waals surface area (Å²) in [6.07, 6.45) is 3.24. The van der Waals surface area contributed by atoms with Crippen LogP contribution in [0.1, 0.15) is 54.6 Å². The summed E-state index contributed by atoms with van der Waals surface area (Å²) in [4.78, 5) is 16.0. The van der Waals surface area contributed by atoms with E-state index in [1.54, 1.807) is 4.68 Å². The Morgan fingerprint density at radius 1 is 1.29 bits per heavy atom. The highest BCUT2D eigenvalue weighted by atomic mass is 16.5. The van der Waals surface area contributed by atoms with Crippen molar-refractivity contribution in [3.63, 3.8) is 0 Å². The number of rotatable bonds is 7. The fourth-order valence-electron chi connectivity index (χ4n) is 2.00. The average Bonchev–Trinajstić information content (AvgIpc) is 3.08. The summed E-state index contributed by atoms with van der Waals surface area (Å²) in [5.41, 5.74) is 0.975. The summed E-state index contributed by atoms with van der Waals surface area (Å²) in [6, 6.07) is 0. The molecule has 2 aromatic rings. The van der Waals surface area contributed by atoms with E-state index >= 15 is 0 Å². The second kappa shape index (κ2) is 6.96. The molecule has 0 saturated heterocycles. The van der Waals surface area contributed by atoms with E-state index in [2.05, 4.69) is 20.5 Å². The lowest BCUT2D eigenvalue weighted by atomic mass is 10.2. The fraction of sp³-hybridized carbons (Fsp3) is 0.615. The Balaban J connectivity index is 2.22. The molecular weight excluding hydrogens is 274 g/mol. The number of aromatic nitrogens is 5. The second-order valence-corrected chi connectivity index (χ2v) is 4.64. The number of carbonyl (C=O) groups excluding carboxylic acids is 1. The number of esters is 1. The molecule has 0 aliphatic carbocycles. The molecule has 114 valence electrons. The lowest BCUT2D eigenvalue weighted by Crippen LogP contribution is -2.11. The highest BCUT2D eigenvalue weighted by Gasteiger charge is 2.20. The standard InChI is InChI=1S/C13H19N5O3/c1-4-6-9-12(13(19)20-3)15-17-18(9)8-10-14-11(7-5-2)21-16-10/h4-8H2,1-3H3. The molecular formula is C13H19N5O3. The molecule has 2 rings (SSSR count). The Morgan fingerprint density at radius 2 is 2.05 bits per heavy atom. The predicted octanol–water partition coefficient (Wildman–Crippen LogP) is 1.40. The summed E-state index contributed by atoms with van der Waals surface area (Å²) >= 11 is 0. The van der Waals surface area contributed by atoms with Gasteiger partial charge in [-0.05, 0) is 12.8 Å². The number of hydrogen-bond acceptors (Lipinski definition) is 7. The minimum absolute atomic E-state index is 0.247. The lowest BCUT2D eigenvalue weighted by Gasteiger charge is -2.03. The van der Waals surface area contributed by atoms with Gasteiger partial charge in [-0.2, -0.15) is 4.98 Å². The number of methoxy groups -OCH3 is 1. The van der Waals surface area contributed by atoms with Crippen LogP contribution in [0.5, 0.6) is 0 Å². The third kappa shape index (κ3) is 3.45. The molecule has 0 unspecified atom stereocenters. The SMILES string of the molecule is CCCc1nc(Cn2nnc(C(=O)OC)c2CCC)no1. The largest absolute Gasteiger partial charge is 0.464 e. The normalized spacial score (nSPS) is 10.8. The highest BCUT2D eigenvalue weighted by molar-refractivity contribution is 5.88. The fourth-order valence-corrected chi connectivity index (χ4v) is 2.00. The summed E-state index contributed by atoms with van der Waals surface area (Å²) in [7, 11) is 1.33. The minimum atomic E-state index is -0.482. The number of ether oxygens (including phenoxy) is 1. The van der Waals surface area contributed by atoms with Crippen LogP contribution in [0.2, 0.25) is 0 Å². The van der Waals surface area contributed by atoms with E-state index in [9.17, 15) is 4.79 Å². The van der Waals surface area contributed by atoms with Gasteiger partial charge in [0.25, 0.3) is 0 Å². The maximum absolute atomic E-state index is 11.7. The maximum atomic E-state index is 11.7. The van der Waals surface area contributed by atoms with Crippen LogP contribution in [0.4, 0.5) is 0 Å². The Labute approximate surface area is 122 Å². The van der Waals surface area contributed by atoms with Crippen molar-refractivity contribution in [2.75, 3.05) is 7.11 Å². The minimum Gasteiger partial charge on any atom is -0.464 e. The number of carbonyl (C=O) groups is 1. The van der Waals surface area contributed by atoms with Crippen molar-refractivity contribution in [3.05, 3.63) is 23.1 Å². The van der Waals surface area contributed by atoms with E-state index in [-0.39, 0.29) is 5.69 Å². The summed E-state index contributed by atoms with van der Waals surface area (Å²) in [6.45, 7) is 4.39. The predicted molar refractivity (Wildman–Crippen MR) is 72.8 cm³/mol. The zero-order chi connectivity index (χ0) is 15.2. The molecule has 2 heterocycles. The molecule has 8 nitrogen and oxygen atoms in total. The first-order valence-corrected chi connectivity index (χ1v) is 7.01. The molecule has 0 fully saturated rings. The Bertz CT molecular complexity index is 605. The Morgan fingerprint density at radius 3 is 2.71 bits per heavy atom. The van der Waals surface area contributed by atoms with Crippen LogP contribution in [-0.2, 0) is 24.1 Å². The third-order valence-corrected chi connectivity index (χ3v) is 2.97. The molecule has 0 aliphatic heterocycles. The molecule has 0 radical (unpaired) electrons. The van der Waals surface area contributed by atoms with Gasteiger partial charge in [-0.1, -0.05) is 30.6 Å². The number of aryl methyl sites for hydroxylation is 1. The molecule has 2 aromatic heterocycles. The van der Waals surface area contributed by atoms with Crippen LogP contribution in [0, 0.1) is 0 Å². The maximum Gasteiger partial charge on any atom is 0.360 e. The van der Waals surface area contributed by atoms with E-state index < -0.39 is 5.97 Å². The van der Waals surface area contributed by atoms with Crippen molar-refractivity contribution < 1.29 is 14.1 Å². The summed E-state index contributed by atoms with van der Waals surface area (Å²) in [5, 5.41) is 11.8. The van der Waals surface area contributed by atoms with Gasteiger partial charge in [0.1, 0.15) is 6.54 Å². The van der Waals surface area contributed by atoms with Crippen LogP contribution in [-0.4, -0.2) is 38.2 Å². The quantitative estimate of drug-likeness (QED) is 0.712. The van der Waals surface area contributed by atoms with Crippen LogP contribution >= 0.6 is 0 Å². The number of hydrogen-bond donors (Lipinski definition) is 0. The Kier molecular flexibility index (Phi) is 5.02.